The van der Waals surface area contributed by atoms with E-state index in [9.17, 15) is 9.59 Å². The molecule has 10 heteroatoms. The summed E-state index contributed by atoms with van der Waals surface area (Å²) in [5.74, 6) is -0.871. The highest BCUT2D eigenvalue weighted by molar-refractivity contribution is 9.11. The number of nitrogens with one attached hydrogen (secondary N) is 2. The number of para-hydroxylation sites is 1. The standard InChI is InChI=1S/C26H24Br2ClN3O4/c1-3-35-23-13-18(12-21(28)24(23)36-15-17-8-10-19(29)11-9-17)14-30-32-26(34)16(2)25(33)31-22-7-5-4-6-20(22)27/h4-14,16H,3,15H2,1-2H3,(H,31,33)(H,32,34). The van der Waals surface area contributed by atoms with E-state index in [4.69, 9.17) is 21.1 Å². The minimum Gasteiger partial charge on any atom is -0.490 e. The first-order valence-electron chi connectivity index (χ1n) is 11.0. The zero-order valence-corrected chi connectivity index (χ0v) is 23.5. The Morgan fingerprint density at radius 3 is 2.44 bits per heavy atom. The van der Waals surface area contributed by atoms with E-state index in [1.807, 2.05) is 25.1 Å². The Balaban J connectivity index is 1.63. The lowest BCUT2D eigenvalue weighted by molar-refractivity contribution is -0.131. The zero-order chi connectivity index (χ0) is 26.1. The number of hydrogen-bond acceptors (Lipinski definition) is 5. The average Bonchev–Trinajstić information content (AvgIpc) is 2.85. The number of anilines is 1. The molecule has 0 saturated heterocycles. The van der Waals surface area contributed by atoms with Crippen molar-refractivity contribution >= 4 is 67.2 Å². The summed E-state index contributed by atoms with van der Waals surface area (Å²) >= 11 is 12.8. The minimum atomic E-state index is -0.955. The second-order valence-corrected chi connectivity index (χ2v) is 9.75. The summed E-state index contributed by atoms with van der Waals surface area (Å²) in [6, 6.07) is 18.1. The van der Waals surface area contributed by atoms with Crippen LogP contribution in [0.4, 0.5) is 5.69 Å². The van der Waals surface area contributed by atoms with Crippen LogP contribution in [0, 0.1) is 5.92 Å². The van der Waals surface area contributed by atoms with Crippen molar-refractivity contribution in [2.75, 3.05) is 11.9 Å². The molecule has 1 unspecified atom stereocenters. The van der Waals surface area contributed by atoms with Gasteiger partial charge in [-0.2, -0.15) is 5.10 Å². The molecule has 36 heavy (non-hydrogen) atoms. The van der Waals surface area contributed by atoms with Crippen LogP contribution < -0.4 is 20.2 Å². The number of amides is 2. The predicted octanol–water partition coefficient (Wildman–Crippen LogP) is 6.57. The maximum absolute atomic E-state index is 12.4. The van der Waals surface area contributed by atoms with Crippen LogP contribution in [0.1, 0.15) is 25.0 Å². The summed E-state index contributed by atoms with van der Waals surface area (Å²) in [4.78, 5) is 24.9. The number of carbonyl (C=O) groups is 2. The Kier molecular flexibility index (Phi) is 10.3. The lowest BCUT2D eigenvalue weighted by Crippen LogP contribution is -2.34. The lowest BCUT2D eigenvalue weighted by atomic mass is 10.1. The van der Waals surface area contributed by atoms with Crippen molar-refractivity contribution in [2.24, 2.45) is 11.0 Å². The van der Waals surface area contributed by atoms with Gasteiger partial charge in [-0.15, -0.1) is 0 Å². The largest absolute Gasteiger partial charge is 0.490 e. The molecule has 0 aliphatic carbocycles. The van der Waals surface area contributed by atoms with Crippen molar-refractivity contribution in [3.05, 3.63) is 85.8 Å². The second-order valence-electron chi connectivity index (χ2n) is 7.60. The number of hydrogen-bond donors (Lipinski definition) is 2. The number of ether oxygens (including phenoxy) is 2. The van der Waals surface area contributed by atoms with Gasteiger partial charge in [0.1, 0.15) is 12.5 Å². The number of benzene rings is 3. The van der Waals surface area contributed by atoms with Crippen LogP contribution in [-0.2, 0) is 16.2 Å². The highest BCUT2D eigenvalue weighted by Gasteiger charge is 2.22. The van der Waals surface area contributed by atoms with Gasteiger partial charge in [-0.25, -0.2) is 5.43 Å². The Morgan fingerprint density at radius 1 is 1.03 bits per heavy atom. The van der Waals surface area contributed by atoms with E-state index in [1.165, 1.54) is 13.1 Å². The molecule has 188 valence electrons. The molecule has 0 saturated carbocycles. The number of carbonyl (C=O) groups excluding carboxylic acids is 2. The average molecular weight is 638 g/mol. The Labute approximate surface area is 231 Å². The molecule has 0 heterocycles. The quantitative estimate of drug-likeness (QED) is 0.150. The first-order chi connectivity index (χ1) is 17.3. The van der Waals surface area contributed by atoms with Crippen LogP contribution in [0.3, 0.4) is 0 Å². The minimum absolute atomic E-state index is 0.332. The van der Waals surface area contributed by atoms with Crippen molar-refractivity contribution in [3.63, 3.8) is 0 Å². The fourth-order valence-electron chi connectivity index (χ4n) is 2.99. The summed E-state index contributed by atoms with van der Waals surface area (Å²) in [7, 11) is 0. The number of halogens is 3. The van der Waals surface area contributed by atoms with E-state index in [2.05, 4.69) is 47.7 Å². The third kappa shape index (κ3) is 7.81. The van der Waals surface area contributed by atoms with Crippen LogP contribution in [0.25, 0.3) is 0 Å². The third-order valence-electron chi connectivity index (χ3n) is 4.93. The van der Waals surface area contributed by atoms with E-state index in [0.717, 1.165) is 10.0 Å². The molecule has 0 fully saturated rings. The lowest BCUT2D eigenvalue weighted by Gasteiger charge is -2.15. The van der Waals surface area contributed by atoms with Crippen molar-refractivity contribution in [2.45, 2.75) is 20.5 Å². The molecular weight excluding hydrogens is 614 g/mol. The molecule has 2 N–H and O–H groups in total. The van der Waals surface area contributed by atoms with Gasteiger partial charge in [-0.05, 0) is 93.2 Å². The summed E-state index contributed by atoms with van der Waals surface area (Å²) in [5.41, 5.74) is 4.61. The van der Waals surface area contributed by atoms with Crippen molar-refractivity contribution in [3.8, 4) is 11.5 Å². The van der Waals surface area contributed by atoms with Gasteiger partial charge in [0.25, 0.3) is 5.91 Å². The fourth-order valence-corrected chi connectivity index (χ4v) is 4.08. The van der Waals surface area contributed by atoms with E-state index < -0.39 is 17.7 Å². The fraction of sp³-hybridized carbons (Fsp3) is 0.192. The molecule has 0 spiro atoms. The predicted molar refractivity (Wildman–Crippen MR) is 149 cm³/mol. The maximum atomic E-state index is 12.4. The van der Waals surface area contributed by atoms with Crippen LogP contribution in [0.15, 0.2) is 74.7 Å². The van der Waals surface area contributed by atoms with Crippen molar-refractivity contribution < 1.29 is 19.1 Å². The topological polar surface area (TPSA) is 89.0 Å². The molecular formula is C26H24Br2ClN3O4. The molecule has 3 aromatic rings. The van der Waals surface area contributed by atoms with Crippen LogP contribution in [0.5, 0.6) is 11.5 Å². The number of hydrazone groups is 1. The van der Waals surface area contributed by atoms with Crippen LogP contribution in [-0.4, -0.2) is 24.6 Å². The van der Waals surface area contributed by atoms with E-state index >= 15 is 0 Å². The van der Waals surface area contributed by atoms with Crippen LogP contribution >= 0.6 is 43.5 Å². The van der Waals surface area contributed by atoms with Gasteiger partial charge in [0, 0.05) is 9.50 Å². The molecule has 0 bridgehead atoms. The van der Waals surface area contributed by atoms with Crippen molar-refractivity contribution in [1.82, 2.24) is 5.43 Å². The van der Waals surface area contributed by atoms with Crippen molar-refractivity contribution in [1.29, 1.82) is 0 Å². The van der Waals surface area contributed by atoms with E-state index in [1.54, 1.807) is 42.5 Å². The monoisotopic (exact) mass is 635 g/mol. The first kappa shape index (κ1) is 27.7. The molecule has 3 aromatic carbocycles. The maximum Gasteiger partial charge on any atom is 0.252 e. The third-order valence-corrected chi connectivity index (χ3v) is 6.47. The second kappa shape index (κ2) is 13.4. The highest BCUT2D eigenvalue weighted by Crippen LogP contribution is 2.37. The highest BCUT2D eigenvalue weighted by atomic mass is 79.9. The molecule has 1 atom stereocenters. The van der Waals surface area contributed by atoms with Gasteiger partial charge in [0.05, 0.1) is 23.0 Å². The van der Waals surface area contributed by atoms with Gasteiger partial charge in [0.15, 0.2) is 11.5 Å². The van der Waals surface area contributed by atoms with Gasteiger partial charge < -0.3 is 14.8 Å². The Bertz CT molecular complexity index is 1250. The molecule has 0 radical (unpaired) electrons. The number of nitrogens with zero attached hydrogens (tertiary/aromatic N) is 1. The van der Waals surface area contributed by atoms with E-state index in [-0.39, 0.29) is 0 Å². The van der Waals surface area contributed by atoms with Gasteiger partial charge in [0.2, 0.25) is 5.91 Å². The normalized spacial score (nSPS) is 11.7. The van der Waals surface area contributed by atoms with Gasteiger partial charge in [-0.3, -0.25) is 9.59 Å². The first-order valence-corrected chi connectivity index (χ1v) is 13.0. The summed E-state index contributed by atoms with van der Waals surface area (Å²) in [5, 5.41) is 7.38. The summed E-state index contributed by atoms with van der Waals surface area (Å²) in [6.45, 7) is 4.15. The molecule has 0 aromatic heterocycles. The zero-order valence-electron chi connectivity index (χ0n) is 19.6. The number of rotatable bonds is 10. The Hall–Kier alpha value is -2.88. The molecule has 2 amide bonds. The SMILES string of the molecule is CCOc1cc(C=NNC(=O)C(C)C(=O)Nc2ccccc2Br)cc(Br)c1OCc1ccc(Cl)cc1. The van der Waals surface area contributed by atoms with Gasteiger partial charge in [-0.1, -0.05) is 35.9 Å². The summed E-state index contributed by atoms with van der Waals surface area (Å²) < 4.78 is 13.1. The van der Waals surface area contributed by atoms with Gasteiger partial charge >= 0.3 is 0 Å². The molecule has 0 aliphatic heterocycles. The smallest absolute Gasteiger partial charge is 0.252 e. The molecule has 3 rings (SSSR count). The van der Waals surface area contributed by atoms with Crippen LogP contribution in [0.2, 0.25) is 5.02 Å². The summed E-state index contributed by atoms with van der Waals surface area (Å²) in [6.07, 6.45) is 1.46. The molecule has 7 nitrogen and oxygen atoms in total. The van der Waals surface area contributed by atoms with E-state index in [0.29, 0.717) is 45.5 Å². The Morgan fingerprint density at radius 2 is 1.75 bits per heavy atom. The molecule has 0 aliphatic rings.